The summed E-state index contributed by atoms with van der Waals surface area (Å²) in [6.07, 6.45) is 9.22. The van der Waals surface area contributed by atoms with Crippen LogP contribution in [0.2, 0.25) is 5.02 Å². The van der Waals surface area contributed by atoms with E-state index in [0.29, 0.717) is 74.4 Å². The maximum Gasteiger partial charge on any atom is 0.248 e. The van der Waals surface area contributed by atoms with Crippen LogP contribution in [0.3, 0.4) is 0 Å². The van der Waals surface area contributed by atoms with Crippen LogP contribution < -0.4 is 20.9 Å². The van der Waals surface area contributed by atoms with Crippen molar-refractivity contribution in [1.29, 1.82) is 0 Å². The Morgan fingerprint density at radius 3 is 2.40 bits per heavy atom. The molecule has 1 aromatic carbocycles. The van der Waals surface area contributed by atoms with E-state index in [4.69, 9.17) is 21.8 Å². The Labute approximate surface area is 367 Å². The van der Waals surface area contributed by atoms with Crippen molar-refractivity contribution in [3.63, 3.8) is 0 Å². The minimum atomic E-state index is -0.984. The molecule has 4 aliphatic heterocycles. The van der Waals surface area contributed by atoms with Gasteiger partial charge in [0, 0.05) is 109 Å². The van der Waals surface area contributed by atoms with Gasteiger partial charge in [-0.1, -0.05) is 30.3 Å². The fourth-order valence-corrected chi connectivity index (χ4v) is 9.40. The molecule has 330 valence electrons. The Kier molecular flexibility index (Phi) is 13.6. The van der Waals surface area contributed by atoms with Crippen LogP contribution in [0.15, 0.2) is 72.1 Å². The molecule has 3 aromatic heterocycles. The van der Waals surface area contributed by atoms with Crippen LogP contribution in [-0.2, 0) is 25.6 Å². The molecule has 0 radical (unpaired) electrons. The highest BCUT2D eigenvalue weighted by Crippen LogP contribution is 2.30. The lowest BCUT2D eigenvalue weighted by molar-refractivity contribution is -0.133. The van der Waals surface area contributed by atoms with Gasteiger partial charge in [0.15, 0.2) is 0 Å². The van der Waals surface area contributed by atoms with Crippen LogP contribution in [0.25, 0.3) is 11.0 Å². The molecule has 4 fully saturated rings. The zero-order valence-electron chi connectivity index (χ0n) is 35.4. The van der Waals surface area contributed by atoms with Crippen LogP contribution in [-0.4, -0.2) is 149 Å². The van der Waals surface area contributed by atoms with Crippen LogP contribution in [0, 0.1) is 5.92 Å². The lowest BCUT2D eigenvalue weighted by Gasteiger charge is -2.40. The number of hydrogen-bond donors (Lipinski definition) is 3. The summed E-state index contributed by atoms with van der Waals surface area (Å²) in [5.74, 6) is 2.06. The Morgan fingerprint density at radius 2 is 1.68 bits per heavy atom. The largest absolute Gasteiger partial charge is 0.445 e. The predicted octanol–water partition coefficient (Wildman–Crippen LogP) is 3.60. The summed E-state index contributed by atoms with van der Waals surface area (Å²) in [6, 6.07) is 13.1. The molecular formula is C45H58ClN11O5. The second kappa shape index (κ2) is 19.4. The van der Waals surface area contributed by atoms with Gasteiger partial charge in [-0.05, 0) is 73.9 Å². The summed E-state index contributed by atoms with van der Waals surface area (Å²) in [6.45, 7) is 12.8. The van der Waals surface area contributed by atoms with Gasteiger partial charge in [-0.15, -0.1) is 0 Å². The molecule has 0 aliphatic carbocycles. The van der Waals surface area contributed by atoms with Crippen molar-refractivity contribution in [2.45, 2.75) is 56.5 Å². The maximum absolute atomic E-state index is 13.9. The molecule has 8 rings (SSSR count). The Bertz CT molecular complexity index is 2200. The first kappa shape index (κ1) is 43.4. The summed E-state index contributed by atoms with van der Waals surface area (Å²) < 4.78 is 5.95. The van der Waals surface area contributed by atoms with E-state index >= 15 is 0 Å². The fourth-order valence-electron chi connectivity index (χ4n) is 9.27. The molecule has 1 atom stereocenters. The van der Waals surface area contributed by atoms with E-state index in [-0.39, 0.29) is 36.2 Å². The van der Waals surface area contributed by atoms with Gasteiger partial charge in [-0.25, -0.2) is 9.97 Å². The van der Waals surface area contributed by atoms with Gasteiger partial charge >= 0.3 is 0 Å². The number of aromatic amines is 1. The number of fused-ring (bicyclic) bond motifs is 1. The zero-order chi connectivity index (χ0) is 43.2. The van der Waals surface area contributed by atoms with Gasteiger partial charge in [0.05, 0.1) is 17.0 Å². The number of hydrogen-bond acceptors (Lipinski definition) is 11. The summed E-state index contributed by atoms with van der Waals surface area (Å²) in [5.41, 5.74) is 7.68. The number of benzene rings is 1. The highest BCUT2D eigenvalue weighted by molar-refractivity contribution is 6.30. The average Bonchev–Trinajstić information content (AvgIpc) is 3.98. The normalized spacial score (nSPS) is 19.8. The first-order chi connectivity index (χ1) is 30.0. The average molecular weight is 868 g/mol. The summed E-state index contributed by atoms with van der Waals surface area (Å²) in [7, 11) is 0. The fraction of sp³-hybridized carbons (Fsp3) is 0.511. The van der Waals surface area contributed by atoms with E-state index in [9.17, 15) is 19.2 Å². The smallest absolute Gasteiger partial charge is 0.248 e. The Balaban J connectivity index is 0.749. The number of H-pyrrole nitrogens is 1. The molecule has 16 nitrogen and oxygen atoms in total. The van der Waals surface area contributed by atoms with Crippen LogP contribution >= 0.6 is 11.6 Å². The number of aryl methyl sites for hydroxylation is 1. The lowest BCUT2D eigenvalue weighted by atomic mass is 9.87. The van der Waals surface area contributed by atoms with Crippen molar-refractivity contribution < 1.29 is 23.6 Å². The second-order valence-corrected chi connectivity index (χ2v) is 17.6. The number of nitrogens with one attached hydrogen (secondary N) is 2. The van der Waals surface area contributed by atoms with Gasteiger partial charge in [-0.2, -0.15) is 0 Å². The van der Waals surface area contributed by atoms with Gasteiger partial charge < -0.3 is 45.0 Å². The molecule has 4 saturated heterocycles. The number of nitrogens with zero attached hydrogens (tertiary/aromatic N) is 8. The topological polar surface area (TPSA) is 180 Å². The Morgan fingerprint density at radius 1 is 0.935 bits per heavy atom. The van der Waals surface area contributed by atoms with E-state index in [1.807, 2.05) is 47.5 Å². The number of furan rings is 1. The number of anilines is 2. The number of rotatable bonds is 14. The highest BCUT2D eigenvalue weighted by Gasteiger charge is 2.39. The molecule has 4 aliphatic rings. The van der Waals surface area contributed by atoms with Crippen molar-refractivity contribution >= 4 is 58.0 Å². The standard InChI is InChI=1S/C45H58ClN11O5/c1-2-38(58)56-27-28-57(40(60)30-56)41-10-8-35(62-41)7-9-39(59)54-19-12-32(13-20-54)29-53-25-23-52(24-26-53)18-14-37(33-3-5-34(46)6-4-33)51-44(61)45(47)15-21-55(22-16-45)43-36-11-17-48-42(36)49-31-50-43/h2-6,8,10-11,17,31-32,37H,1,7,9,12-16,18-30,47H2,(H,51,61)(H,48,49,50)/t37-/m0/s1. The first-order valence-electron chi connectivity index (χ1n) is 22.0. The van der Waals surface area contributed by atoms with E-state index in [1.54, 1.807) is 17.3 Å². The molecule has 0 spiro atoms. The number of piperazine rings is 2. The van der Waals surface area contributed by atoms with Crippen molar-refractivity contribution in [3.8, 4) is 0 Å². The second-order valence-electron chi connectivity index (χ2n) is 17.2. The number of carbonyl (C=O) groups excluding carboxylic acids is 4. The molecular weight excluding hydrogens is 810 g/mol. The predicted molar refractivity (Wildman–Crippen MR) is 238 cm³/mol. The summed E-state index contributed by atoms with van der Waals surface area (Å²) in [4.78, 5) is 75.9. The third kappa shape index (κ3) is 10.1. The molecule has 0 bridgehead atoms. The molecule has 62 heavy (non-hydrogen) atoms. The third-order valence-electron chi connectivity index (χ3n) is 13.2. The minimum Gasteiger partial charge on any atom is -0.445 e. The minimum absolute atomic E-state index is 0.0111. The zero-order valence-corrected chi connectivity index (χ0v) is 36.1. The first-order valence-corrected chi connectivity index (χ1v) is 22.3. The van der Waals surface area contributed by atoms with Gasteiger partial charge in [-0.3, -0.25) is 24.1 Å². The number of nitrogens with two attached hydrogens (primary N) is 1. The molecule has 4 N–H and O–H groups in total. The molecule has 0 saturated carbocycles. The maximum atomic E-state index is 13.9. The van der Waals surface area contributed by atoms with Crippen molar-refractivity contribution in [3.05, 3.63) is 84.0 Å². The quantitative estimate of drug-likeness (QED) is 0.158. The van der Waals surface area contributed by atoms with Crippen LogP contribution in [0.5, 0.6) is 0 Å². The summed E-state index contributed by atoms with van der Waals surface area (Å²) in [5, 5.41) is 4.96. The number of piperidine rings is 2. The number of halogens is 1. The molecule has 0 unspecified atom stereocenters. The molecule has 7 heterocycles. The molecule has 17 heteroatoms. The summed E-state index contributed by atoms with van der Waals surface area (Å²) >= 11 is 6.26. The number of amides is 4. The van der Waals surface area contributed by atoms with Crippen molar-refractivity contribution in [2.24, 2.45) is 11.7 Å². The van der Waals surface area contributed by atoms with E-state index in [0.717, 1.165) is 94.0 Å². The Hall–Kier alpha value is -5.29. The molecule has 4 aromatic rings. The van der Waals surface area contributed by atoms with E-state index < -0.39 is 5.54 Å². The van der Waals surface area contributed by atoms with E-state index in [2.05, 4.69) is 41.5 Å². The lowest BCUT2D eigenvalue weighted by Crippen LogP contribution is -2.60. The van der Waals surface area contributed by atoms with E-state index in [1.165, 1.54) is 11.0 Å². The van der Waals surface area contributed by atoms with Crippen molar-refractivity contribution in [1.82, 2.24) is 39.9 Å². The monoisotopic (exact) mass is 867 g/mol. The van der Waals surface area contributed by atoms with Crippen molar-refractivity contribution in [2.75, 3.05) is 94.9 Å². The van der Waals surface area contributed by atoms with Gasteiger partial charge in [0.25, 0.3) is 0 Å². The number of carbonyl (C=O) groups is 4. The molecule has 4 amide bonds. The van der Waals surface area contributed by atoms with Crippen LogP contribution in [0.1, 0.15) is 55.9 Å². The highest BCUT2D eigenvalue weighted by atomic mass is 35.5. The number of aromatic nitrogens is 3. The van der Waals surface area contributed by atoms with Gasteiger partial charge in [0.1, 0.15) is 30.1 Å². The van der Waals surface area contributed by atoms with Gasteiger partial charge in [0.2, 0.25) is 29.5 Å². The third-order valence-corrected chi connectivity index (χ3v) is 13.5. The number of likely N-dealkylation sites (tertiary alicyclic amines) is 1. The SMILES string of the molecule is C=CC(=O)N1CCN(c2ccc(CCC(=O)N3CCC(CN4CCN(CC[C@H](NC(=O)C5(N)CCN(c6ncnc7[nH]ccc67)CC5)c5ccc(Cl)cc5)CC4)CC3)o2)C(=O)C1. The van der Waals surface area contributed by atoms with Crippen LogP contribution in [0.4, 0.5) is 11.7 Å².